The standard InChI is InChI=1S/C27H44N4O4/c1-17-10-11-18(28-22(32)34-19-13-24(2,3)30-25(4,5)14-19)12-21(17)29-23(33)35-20-15-26(6,7)31-27(8,9)16-20/h10-12,19-20,30-31H,13-16H2,1-9H3,(H,28,32)(H,29,33). The number of piperidine rings is 2. The first-order chi connectivity index (χ1) is 15.9. The van der Waals surface area contributed by atoms with Crippen LogP contribution in [0.15, 0.2) is 18.2 Å². The summed E-state index contributed by atoms with van der Waals surface area (Å²) >= 11 is 0. The average molecular weight is 489 g/mol. The summed E-state index contributed by atoms with van der Waals surface area (Å²) in [4.78, 5) is 25.3. The van der Waals surface area contributed by atoms with E-state index in [9.17, 15) is 9.59 Å². The Kier molecular flexibility index (Phi) is 7.49. The topological polar surface area (TPSA) is 101 Å². The molecule has 1 aromatic rings. The number of ether oxygens (including phenoxy) is 2. The van der Waals surface area contributed by atoms with E-state index in [-0.39, 0.29) is 34.4 Å². The number of anilines is 2. The highest BCUT2D eigenvalue weighted by Crippen LogP contribution is 2.32. The van der Waals surface area contributed by atoms with Crippen LogP contribution in [0.1, 0.15) is 86.6 Å². The fraction of sp³-hybridized carbons (Fsp3) is 0.704. The largest absolute Gasteiger partial charge is 0.446 e. The molecule has 196 valence electrons. The van der Waals surface area contributed by atoms with Crippen molar-refractivity contribution in [3.8, 4) is 0 Å². The van der Waals surface area contributed by atoms with E-state index in [1.165, 1.54) is 0 Å². The molecule has 0 radical (unpaired) electrons. The fourth-order valence-corrected chi connectivity index (χ4v) is 6.05. The van der Waals surface area contributed by atoms with Crippen LogP contribution in [0.25, 0.3) is 0 Å². The van der Waals surface area contributed by atoms with Crippen LogP contribution in [0.5, 0.6) is 0 Å². The Morgan fingerprint density at radius 3 is 1.57 bits per heavy atom. The van der Waals surface area contributed by atoms with Gasteiger partial charge in [-0.1, -0.05) is 6.07 Å². The maximum absolute atomic E-state index is 12.7. The third-order valence-electron chi connectivity index (χ3n) is 6.57. The van der Waals surface area contributed by atoms with Gasteiger partial charge in [-0.25, -0.2) is 9.59 Å². The number of carbonyl (C=O) groups is 2. The van der Waals surface area contributed by atoms with Crippen molar-refractivity contribution in [3.05, 3.63) is 23.8 Å². The summed E-state index contributed by atoms with van der Waals surface area (Å²) in [6.45, 7) is 18.8. The Bertz CT molecular complexity index is 922. The highest BCUT2D eigenvalue weighted by atomic mass is 16.6. The minimum Gasteiger partial charge on any atom is -0.446 e. The van der Waals surface area contributed by atoms with E-state index in [1.54, 1.807) is 12.1 Å². The van der Waals surface area contributed by atoms with E-state index >= 15 is 0 Å². The predicted octanol–water partition coefficient (Wildman–Crippen LogP) is 5.71. The van der Waals surface area contributed by atoms with E-state index in [0.717, 1.165) is 31.2 Å². The minimum atomic E-state index is -0.500. The zero-order valence-electron chi connectivity index (χ0n) is 22.8. The van der Waals surface area contributed by atoms with Crippen molar-refractivity contribution in [2.24, 2.45) is 0 Å². The van der Waals surface area contributed by atoms with Gasteiger partial charge in [0.25, 0.3) is 0 Å². The summed E-state index contributed by atoms with van der Waals surface area (Å²) in [5.41, 5.74) is 1.53. The second-order valence-electron chi connectivity index (χ2n) is 12.9. The van der Waals surface area contributed by atoms with Crippen LogP contribution in [0.4, 0.5) is 21.0 Å². The maximum atomic E-state index is 12.7. The Hall–Kier alpha value is -2.32. The molecule has 1 aromatic carbocycles. The van der Waals surface area contributed by atoms with E-state index in [4.69, 9.17) is 9.47 Å². The van der Waals surface area contributed by atoms with Gasteiger partial charge in [0.1, 0.15) is 12.2 Å². The van der Waals surface area contributed by atoms with Gasteiger partial charge in [-0.15, -0.1) is 0 Å². The van der Waals surface area contributed by atoms with Crippen molar-refractivity contribution >= 4 is 23.6 Å². The second kappa shape index (κ2) is 9.62. The van der Waals surface area contributed by atoms with Crippen LogP contribution in [0, 0.1) is 6.92 Å². The fourth-order valence-electron chi connectivity index (χ4n) is 6.05. The van der Waals surface area contributed by atoms with Crippen molar-refractivity contribution in [1.82, 2.24) is 10.6 Å². The van der Waals surface area contributed by atoms with Crippen LogP contribution in [-0.2, 0) is 9.47 Å². The van der Waals surface area contributed by atoms with Crippen molar-refractivity contribution < 1.29 is 19.1 Å². The smallest absolute Gasteiger partial charge is 0.411 e. The molecule has 0 spiro atoms. The van der Waals surface area contributed by atoms with Gasteiger partial charge in [0.05, 0.1) is 0 Å². The lowest BCUT2D eigenvalue weighted by molar-refractivity contribution is 0.0246. The molecule has 2 aliphatic rings. The lowest BCUT2D eigenvalue weighted by atomic mass is 9.81. The second-order valence-corrected chi connectivity index (χ2v) is 12.9. The van der Waals surface area contributed by atoms with Gasteiger partial charge in [-0.05, 0) is 80.0 Å². The summed E-state index contributed by atoms with van der Waals surface area (Å²) in [6, 6.07) is 5.37. The third-order valence-corrected chi connectivity index (χ3v) is 6.57. The lowest BCUT2D eigenvalue weighted by Gasteiger charge is -2.45. The molecular weight excluding hydrogens is 444 g/mol. The number of carbonyl (C=O) groups excluding carboxylic acids is 2. The molecule has 3 rings (SSSR count). The predicted molar refractivity (Wildman–Crippen MR) is 140 cm³/mol. The highest BCUT2D eigenvalue weighted by molar-refractivity contribution is 5.89. The number of amides is 2. The van der Waals surface area contributed by atoms with Gasteiger partial charge < -0.3 is 20.1 Å². The monoisotopic (exact) mass is 488 g/mol. The zero-order valence-corrected chi connectivity index (χ0v) is 22.8. The number of benzene rings is 1. The molecule has 0 saturated carbocycles. The van der Waals surface area contributed by atoms with E-state index in [1.807, 2.05) is 13.0 Å². The molecule has 2 aliphatic heterocycles. The van der Waals surface area contributed by atoms with E-state index < -0.39 is 12.2 Å². The van der Waals surface area contributed by atoms with Crippen LogP contribution in [0.2, 0.25) is 0 Å². The van der Waals surface area contributed by atoms with E-state index in [2.05, 4.69) is 76.7 Å². The van der Waals surface area contributed by atoms with Crippen molar-refractivity contribution in [1.29, 1.82) is 0 Å². The first kappa shape index (κ1) is 27.3. The Morgan fingerprint density at radius 1 is 0.743 bits per heavy atom. The SMILES string of the molecule is Cc1ccc(NC(=O)OC2CC(C)(C)NC(C)(C)C2)cc1NC(=O)OC1CC(C)(C)NC(C)(C)C1. The highest BCUT2D eigenvalue weighted by Gasteiger charge is 2.40. The summed E-state index contributed by atoms with van der Waals surface area (Å²) < 4.78 is 11.5. The molecule has 2 fully saturated rings. The molecule has 2 saturated heterocycles. The van der Waals surface area contributed by atoms with Crippen LogP contribution in [0.3, 0.4) is 0 Å². The van der Waals surface area contributed by atoms with Gasteiger partial charge in [-0.2, -0.15) is 0 Å². The molecule has 35 heavy (non-hydrogen) atoms. The average Bonchev–Trinajstić information content (AvgIpc) is 2.58. The molecule has 0 atom stereocenters. The van der Waals surface area contributed by atoms with Crippen LogP contribution >= 0.6 is 0 Å². The summed E-state index contributed by atoms with van der Waals surface area (Å²) in [7, 11) is 0. The quantitative estimate of drug-likeness (QED) is 0.433. The summed E-state index contributed by atoms with van der Waals surface area (Å²) in [5.74, 6) is 0. The number of aryl methyl sites for hydroxylation is 1. The van der Waals surface area contributed by atoms with Gasteiger partial charge in [0.2, 0.25) is 0 Å². The minimum absolute atomic E-state index is 0.118. The number of hydrogen-bond donors (Lipinski definition) is 4. The first-order valence-corrected chi connectivity index (χ1v) is 12.6. The van der Waals surface area contributed by atoms with Crippen LogP contribution < -0.4 is 21.3 Å². The van der Waals surface area contributed by atoms with E-state index in [0.29, 0.717) is 11.4 Å². The van der Waals surface area contributed by atoms with Gasteiger partial charge in [0, 0.05) is 59.2 Å². The lowest BCUT2D eigenvalue weighted by Crippen LogP contribution is -2.59. The van der Waals surface area contributed by atoms with Gasteiger partial charge in [-0.3, -0.25) is 10.6 Å². The molecule has 8 nitrogen and oxygen atoms in total. The van der Waals surface area contributed by atoms with Crippen molar-refractivity contribution in [3.63, 3.8) is 0 Å². The molecule has 0 unspecified atom stereocenters. The summed E-state index contributed by atoms with van der Waals surface area (Å²) in [5, 5.41) is 12.8. The third kappa shape index (κ3) is 8.10. The number of rotatable bonds is 4. The Balaban J connectivity index is 1.59. The first-order valence-electron chi connectivity index (χ1n) is 12.6. The molecule has 0 bridgehead atoms. The zero-order chi connectivity index (χ0) is 26.2. The molecule has 0 aromatic heterocycles. The Labute approximate surface area is 210 Å². The van der Waals surface area contributed by atoms with Gasteiger partial charge >= 0.3 is 12.2 Å². The van der Waals surface area contributed by atoms with Crippen molar-refractivity contribution in [2.45, 2.75) is 122 Å². The number of hydrogen-bond acceptors (Lipinski definition) is 6. The molecule has 0 aliphatic carbocycles. The van der Waals surface area contributed by atoms with Gasteiger partial charge in [0.15, 0.2) is 0 Å². The summed E-state index contributed by atoms with van der Waals surface area (Å²) in [6.07, 6.45) is 1.59. The molecule has 2 heterocycles. The molecule has 4 N–H and O–H groups in total. The van der Waals surface area contributed by atoms with Crippen LogP contribution in [-0.4, -0.2) is 46.6 Å². The number of nitrogens with one attached hydrogen (secondary N) is 4. The maximum Gasteiger partial charge on any atom is 0.411 e. The molecule has 8 heteroatoms. The molecule has 2 amide bonds. The van der Waals surface area contributed by atoms with Crippen molar-refractivity contribution in [2.75, 3.05) is 10.6 Å². The Morgan fingerprint density at radius 2 is 1.14 bits per heavy atom. The normalized spacial score (nSPS) is 23.2. The molecular formula is C27H44N4O4.